The molecule has 1 heterocycles. The van der Waals surface area contributed by atoms with Crippen molar-refractivity contribution >= 4 is 41.9 Å². The number of thiol groups is 1. The molecule has 1 aromatic carbocycles. The van der Waals surface area contributed by atoms with Crippen molar-refractivity contribution in [3.63, 3.8) is 0 Å². The van der Waals surface area contributed by atoms with Gasteiger partial charge in [-0.1, -0.05) is 30.4 Å². The van der Waals surface area contributed by atoms with Gasteiger partial charge in [-0.2, -0.15) is 0 Å². The van der Waals surface area contributed by atoms with E-state index >= 15 is 0 Å². The number of allylic oxidation sites excluding steroid dienone is 2. The lowest BCUT2D eigenvalue weighted by Crippen LogP contribution is -2.39. The molecule has 1 aliphatic rings. The molecule has 0 aromatic heterocycles. The summed E-state index contributed by atoms with van der Waals surface area (Å²) >= 11 is 9.39. The minimum absolute atomic E-state index is 0.178. The van der Waals surface area contributed by atoms with Crippen LogP contribution in [-0.2, 0) is 11.2 Å². The molecule has 2 rings (SSSR count). The van der Waals surface area contributed by atoms with Crippen LogP contribution in [0.1, 0.15) is 18.4 Å². The summed E-state index contributed by atoms with van der Waals surface area (Å²) in [5, 5.41) is 22.0. The van der Waals surface area contributed by atoms with Crippen molar-refractivity contribution < 1.29 is 9.90 Å². The third-order valence-corrected chi connectivity index (χ3v) is 4.73. The molecular formula is C19H26N4O2S2. The van der Waals surface area contributed by atoms with E-state index in [4.69, 9.17) is 12.2 Å². The van der Waals surface area contributed by atoms with Gasteiger partial charge in [-0.3, -0.25) is 10.1 Å². The number of carbonyl (C=O) groups is 1. The van der Waals surface area contributed by atoms with Gasteiger partial charge >= 0.3 is 0 Å². The van der Waals surface area contributed by atoms with Crippen LogP contribution in [0.15, 0.2) is 48.7 Å². The summed E-state index contributed by atoms with van der Waals surface area (Å²) in [5.41, 5.74) is 1.000. The van der Waals surface area contributed by atoms with Crippen LogP contribution in [0.25, 0.3) is 0 Å². The molecule has 6 nitrogen and oxygen atoms in total. The van der Waals surface area contributed by atoms with Crippen LogP contribution in [0, 0.1) is 0 Å². The number of hydrogen-bond donors (Lipinski definition) is 6. The van der Waals surface area contributed by atoms with Gasteiger partial charge in [0.1, 0.15) is 5.44 Å². The Balaban J connectivity index is 1.70. The molecular weight excluding hydrogens is 380 g/mol. The number of hydrogen-bond acceptors (Lipinski definition) is 6. The number of carbonyl (C=O) groups excluding carboxylic acids is 1. The maximum Gasteiger partial charge on any atom is 0.207 e. The molecule has 0 fully saturated rings. The molecule has 0 radical (unpaired) electrons. The van der Waals surface area contributed by atoms with Gasteiger partial charge < -0.3 is 21.1 Å². The lowest BCUT2D eigenvalue weighted by molar-refractivity contribution is -0.110. The quantitative estimate of drug-likeness (QED) is 0.110. The van der Waals surface area contributed by atoms with Gasteiger partial charge in [0.25, 0.3) is 0 Å². The van der Waals surface area contributed by atoms with E-state index in [1.807, 2.05) is 42.6 Å². The lowest BCUT2D eigenvalue weighted by Gasteiger charge is -2.18. The third kappa shape index (κ3) is 8.13. The number of amides is 1. The highest BCUT2D eigenvalue weighted by Crippen LogP contribution is 2.14. The predicted octanol–water partition coefficient (Wildman–Crippen LogP) is 1.70. The molecule has 0 spiro atoms. The van der Waals surface area contributed by atoms with Crippen LogP contribution >= 0.6 is 24.8 Å². The van der Waals surface area contributed by atoms with Crippen LogP contribution in [0.5, 0.6) is 0 Å². The normalized spacial score (nSPS) is 17.6. The molecule has 1 aliphatic heterocycles. The Labute approximate surface area is 170 Å². The summed E-state index contributed by atoms with van der Waals surface area (Å²) in [6, 6.07) is 7.33. The van der Waals surface area contributed by atoms with E-state index < -0.39 is 11.5 Å². The van der Waals surface area contributed by atoms with Crippen molar-refractivity contribution in [1.29, 1.82) is 0 Å². The Morgan fingerprint density at radius 2 is 2.11 bits per heavy atom. The number of rotatable bonds is 11. The Morgan fingerprint density at radius 1 is 1.33 bits per heavy atom. The highest BCUT2D eigenvalue weighted by molar-refractivity contribution is 7.80. The van der Waals surface area contributed by atoms with E-state index in [1.165, 1.54) is 0 Å². The van der Waals surface area contributed by atoms with E-state index in [2.05, 4.69) is 40.0 Å². The SMILES string of the molecule is O=CN[C@@H](Cc1ccc(NC(=S)CCCNC2C=CC=CN2)cc1)C(O)S. The summed E-state index contributed by atoms with van der Waals surface area (Å²) in [7, 11) is 0. The van der Waals surface area contributed by atoms with E-state index in [1.54, 1.807) is 0 Å². The second-order valence-electron chi connectivity index (χ2n) is 6.20. The van der Waals surface area contributed by atoms with Crippen LogP contribution in [0.4, 0.5) is 5.69 Å². The van der Waals surface area contributed by atoms with Crippen molar-refractivity contribution in [1.82, 2.24) is 16.0 Å². The Morgan fingerprint density at radius 3 is 2.74 bits per heavy atom. The molecule has 1 amide bonds. The van der Waals surface area contributed by atoms with Crippen molar-refractivity contribution in [2.45, 2.75) is 36.9 Å². The molecule has 0 saturated heterocycles. The topological polar surface area (TPSA) is 85.4 Å². The fourth-order valence-electron chi connectivity index (χ4n) is 2.62. The number of nitrogens with one attached hydrogen (secondary N) is 4. The molecule has 0 bridgehead atoms. The third-order valence-electron chi connectivity index (χ3n) is 4.07. The Kier molecular flexibility index (Phi) is 9.34. The predicted molar refractivity (Wildman–Crippen MR) is 117 cm³/mol. The number of thiocarbonyl (C=S) groups is 1. The first kappa shape index (κ1) is 21.4. The first-order valence-corrected chi connectivity index (χ1v) is 9.78. The number of aliphatic hydroxyl groups is 1. The molecule has 27 heavy (non-hydrogen) atoms. The monoisotopic (exact) mass is 406 g/mol. The zero-order valence-corrected chi connectivity index (χ0v) is 16.7. The highest BCUT2D eigenvalue weighted by atomic mass is 32.1. The van der Waals surface area contributed by atoms with Crippen molar-refractivity contribution in [2.75, 3.05) is 11.9 Å². The summed E-state index contributed by atoms with van der Waals surface area (Å²) in [6.45, 7) is 0.869. The summed E-state index contributed by atoms with van der Waals surface area (Å²) in [5.74, 6) is 0. The van der Waals surface area contributed by atoms with E-state index in [-0.39, 0.29) is 6.17 Å². The summed E-state index contributed by atoms with van der Waals surface area (Å²) in [6.07, 6.45) is 11.0. The fourth-order valence-corrected chi connectivity index (χ4v) is 3.07. The Hall–Kier alpha value is -1.87. The largest absolute Gasteiger partial charge is 0.381 e. The molecule has 8 heteroatoms. The van der Waals surface area contributed by atoms with Crippen LogP contribution in [-0.4, -0.2) is 40.7 Å². The van der Waals surface area contributed by atoms with Gasteiger partial charge in [-0.25, -0.2) is 0 Å². The van der Waals surface area contributed by atoms with Crippen molar-refractivity contribution in [2.24, 2.45) is 0 Å². The maximum absolute atomic E-state index is 10.6. The lowest BCUT2D eigenvalue weighted by atomic mass is 10.1. The molecule has 3 atom stereocenters. The molecule has 0 aliphatic carbocycles. The average molecular weight is 407 g/mol. The van der Waals surface area contributed by atoms with Crippen molar-refractivity contribution in [3.8, 4) is 0 Å². The summed E-state index contributed by atoms with van der Waals surface area (Å²) in [4.78, 5) is 11.4. The number of anilines is 1. The zero-order valence-electron chi connectivity index (χ0n) is 15.0. The van der Waals surface area contributed by atoms with Crippen LogP contribution in [0.3, 0.4) is 0 Å². The number of benzene rings is 1. The Bertz CT molecular complexity index is 662. The first-order valence-electron chi connectivity index (χ1n) is 8.86. The highest BCUT2D eigenvalue weighted by Gasteiger charge is 2.15. The van der Waals surface area contributed by atoms with E-state index in [0.717, 1.165) is 35.6 Å². The molecule has 0 saturated carbocycles. The van der Waals surface area contributed by atoms with Crippen LogP contribution in [0.2, 0.25) is 0 Å². The van der Waals surface area contributed by atoms with Gasteiger partial charge in [0, 0.05) is 5.69 Å². The first-order chi connectivity index (χ1) is 13.1. The minimum Gasteiger partial charge on any atom is -0.381 e. The molecule has 2 unspecified atom stereocenters. The smallest absolute Gasteiger partial charge is 0.207 e. The second-order valence-corrected chi connectivity index (χ2v) is 7.22. The molecule has 146 valence electrons. The molecule has 1 aromatic rings. The van der Waals surface area contributed by atoms with Gasteiger partial charge in [-0.15, -0.1) is 12.6 Å². The minimum atomic E-state index is -0.912. The zero-order chi connectivity index (χ0) is 19.5. The average Bonchev–Trinajstić information content (AvgIpc) is 2.67. The van der Waals surface area contributed by atoms with Crippen molar-refractivity contribution in [3.05, 3.63) is 54.3 Å². The maximum atomic E-state index is 10.6. The van der Waals surface area contributed by atoms with E-state index in [9.17, 15) is 9.90 Å². The van der Waals surface area contributed by atoms with E-state index in [0.29, 0.717) is 12.8 Å². The van der Waals surface area contributed by atoms with Gasteiger partial charge in [-0.05, 0) is 61.9 Å². The standard InChI is InChI=1S/C19H26N4O2S2/c24-13-22-16(19(25)27)12-14-6-8-15(9-7-14)23-18(26)5-3-11-21-17-4-1-2-10-20-17/h1-2,4,6-10,13,16-17,19-21,25,27H,3,5,11-12H2,(H,22,24)(H,23,26)/t16-,17?,19?/m0/s1. The van der Waals surface area contributed by atoms with Gasteiger partial charge in [0.2, 0.25) is 6.41 Å². The second kappa shape index (κ2) is 11.8. The summed E-state index contributed by atoms with van der Waals surface area (Å²) < 4.78 is 0. The van der Waals surface area contributed by atoms with Gasteiger partial charge in [0.15, 0.2) is 0 Å². The van der Waals surface area contributed by atoms with Crippen LogP contribution < -0.4 is 21.3 Å². The van der Waals surface area contributed by atoms with Gasteiger partial charge in [0.05, 0.1) is 17.2 Å². The fraction of sp³-hybridized carbons (Fsp3) is 0.368. The number of aliphatic hydroxyl groups excluding tert-OH is 1. The number of dihydropyridines is 1. The molecule has 5 N–H and O–H groups in total.